The van der Waals surface area contributed by atoms with Crippen LogP contribution >= 0.6 is 81.7 Å². The van der Waals surface area contributed by atoms with Crippen LogP contribution in [0, 0.1) is 0 Å². The summed E-state index contributed by atoms with van der Waals surface area (Å²) in [5.74, 6) is 0. The van der Waals surface area contributed by atoms with Crippen molar-refractivity contribution in [1.82, 2.24) is 4.98 Å². The maximum Gasteiger partial charge on any atom is 0.234 e. The lowest BCUT2D eigenvalue weighted by atomic mass is 10.6. The van der Waals surface area contributed by atoms with Gasteiger partial charge in [0.15, 0.2) is 4.47 Å². The van der Waals surface area contributed by atoms with Crippen LogP contribution in [0.2, 0.25) is 8.80 Å². The summed E-state index contributed by atoms with van der Waals surface area (Å²) in [5.41, 5.74) is 0.180. The molecule has 0 spiro atoms. The van der Waals surface area contributed by atoms with Gasteiger partial charge in [0.1, 0.15) is 10.0 Å². The van der Waals surface area contributed by atoms with Crippen LogP contribution in [0.5, 0.6) is 0 Å². The summed E-state index contributed by atoms with van der Waals surface area (Å²) in [5, 5.41) is 0. The van der Waals surface area contributed by atoms with Gasteiger partial charge in [-0.15, -0.1) is 12.4 Å². The summed E-state index contributed by atoms with van der Waals surface area (Å²) in [6.45, 7) is 0. The molecule has 0 aliphatic rings. The van der Waals surface area contributed by atoms with Gasteiger partial charge in [0.05, 0.1) is 0 Å². The Hall–Kier alpha value is 1.37. The molecule has 0 saturated carbocycles. The number of thiazole rings is 1. The summed E-state index contributed by atoms with van der Waals surface area (Å²) in [6.07, 6.45) is 0. The lowest BCUT2D eigenvalue weighted by Gasteiger charge is -2.05. The Kier molecular flexibility index (Phi) is 5.28. The second kappa shape index (κ2) is 4.74. The van der Waals surface area contributed by atoms with E-state index in [1.54, 1.807) is 0 Å². The van der Waals surface area contributed by atoms with Crippen LogP contribution in [0.4, 0.5) is 0 Å². The normalized spacial score (nSPS) is 11.1. The molecule has 0 bridgehead atoms. The van der Waals surface area contributed by atoms with E-state index in [2.05, 4.69) is 4.98 Å². The molecule has 0 radical (unpaired) electrons. The van der Waals surface area contributed by atoms with Crippen LogP contribution in [0.15, 0.2) is 0 Å². The summed E-state index contributed by atoms with van der Waals surface area (Å²) in [7, 11) is 0. The highest BCUT2D eigenvalue weighted by atomic mass is 35.6. The maximum atomic E-state index is 5.65. The van der Waals surface area contributed by atoms with Crippen LogP contribution in [-0.4, -0.2) is 4.98 Å². The quantitative estimate of drug-likeness (QED) is 0.633. The van der Waals surface area contributed by atoms with Gasteiger partial charge in [0.25, 0.3) is 0 Å². The van der Waals surface area contributed by atoms with E-state index in [-0.39, 0.29) is 22.6 Å². The molecular formula is C4HCl6NS. The number of aromatic nitrogens is 1. The summed E-state index contributed by atoms with van der Waals surface area (Å²) >= 11 is 28.8. The van der Waals surface area contributed by atoms with Crippen LogP contribution < -0.4 is 0 Å². The number of hydrogen-bond donors (Lipinski definition) is 0. The van der Waals surface area contributed by atoms with Crippen molar-refractivity contribution in [2.45, 2.75) is 3.79 Å². The highest BCUT2D eigenvalue weighted by molar-refractivity contribution is 7.19. The van der Waals surface area contributed by atoms with Gasteiger partial charge in [-0.3, -0.25) is 0 Å². The summed E-state index contributed by atoms with van der Waals surface area (Å²) in [6, 6.07) is 0. The van der Waals surface area contributed by atoms with Gasteiger partial charge in [-0.25, -0.2) is 4.98 Å². The molecule has 12 heavy (non-hydrogen) atoms. The van der Waals surface area contributed by atoms with Crippen LogP contribution in [0.1, 0.15) is 5.69 Å². The van der Waals surface area contributed by atoms with Gasteiger partial charge in [-0.1, -0.05) is 69.3 Å². The highest BCUT2D eigenvalue weighted by Crippen LogP contribution is 2.44. The smallest absolute Gasteiger partial charge is 0.224 e. The second-order valence-corrected chi connectivity index (χ2v) is 6.05. The molecule has 1 rings (SSSR count). The third kappa shape index (κ3) is 3.26. The van der Waals surface area contributed by atoms with E-state index in [0.29, 0.717) is 4.34 Å². The molecule has 0 aliphatic heterocycles. The molecule has 0 unspecified atom stereocenters. The fourth-order valence-electron chi connectivity index (χ4n) is 0.452. The predicted molar refractivity (Wildman–Crippen MR) is 58.6 cm³/mol. The third-order valence-corrected chi connectivity index (χ3v) is 2.72. The zero-order chi connectivity index (χ0) is 8.65. The molecule has 1 heterocycles. The largest absolute Gasteiger partial charge is 0.234 e. The van der Waals surface area contributed by atoms with Crippen LogP contribution in [-0.2, 0) is 3.79 Å². The minimum Gasteiger partial charge on any atom is -0.224 e. The lowest BCUT2D eigenvalue weighted by molar-refractivity contribution is 1.13. The molecule has 0 saturated heterocycles. The van der Waals surface area contributed by atoms with Crippen molar-refractivity contribution in [3.8, 4) is 0 Å². The molecule has 0 aliphatic carbocycles. The average Bonchev–Trinajstić information content (AvgIpc) is 2.08. The van der Waals surface area contributed by atoms with E-state index in [0.717, 1.165) is 11.3 Å². The van der Waals surface area contributed by atoms with E-state index < -0.39 is 3.79 Å². The standard InChI is InChI=1S/C4Cl5NS.ClH/c5-2-1(4(7,8)9)10-3(6)11-2;/h;1H. The zero-order valence-corrected chi connectivity index (χ0v) is 10.6. The zero-order valence-electron chi connectivity index (χ0n) is 5.15. The fourth-order valence-corrected chi connectivity index (χ4v) is 2.59. The Morgan fingerprint density at radius 2 is 1.67 bits per heavy atom. The Balaban J connectivity index is 0.00000121. The van der Waals surface area contributed by atoms with Gasteiger partial charge in [-0.05, 0) is 0 Å². The van der Waals surface area contributed by atoms with Crippen LogP contribution in [0.25, 0.3) is 0 Å². The van der Waals surface area contributed by atoms with Gasteiger partial charge in [0, 0.05) is 0 Å². The molecule has 1 nitrogen and oxygen atoms in total. The molecule has 0 amide bonds. The lowest BCUT2D eigenvalue weighted by Crippen LogP contribution is -2.00. The topological polar surface area (TPSA) is 12.9 Å². The molecule has 1 aromatic rings. The van der Waals surface area contributed by atoms with Gasteiger partial charge < -0.3 is 0 Å². The van der Waals surface area contributed by atoms with E-state index >= 15 is 0 Å². The van der Waals surface area contributed by atoms with E-state index in [4.69, 9.17) is 58.0 Å². The number of nitrogens with zero attached hydrogens (tertiary/aromatic N) is 1. The third-order valence-electron chi connectivity index (χ3n) is 0.828. The average molecular weight is 308 g/mol. The number of halogens is 6. The van der Waals surface area contributed by atoms with Crippen molar-refractivity contribution < 1.29 is 0 Å². The summed E-state index contributed by atoms with van der Waals surface area (Å²) in [4.78, 5) is 3.74. The first-order valence-corrected chi connectivity index (χ1v) is 5.01. The van der Waals surface area contributed by atoms with E-state index in [1.165, 1.54) is 0 Å². The minimum atomic E-state index is -1.60. The van der Waals surface area contributed by atoms with Gasteiger partial charge >= 0.3 is 0 Å². The van der Waals surface area contributed by atoms with Gasteiger partial charge in [-0.2, -0.15) is 0 Å². The highest BCUT2D eigenvalue weighted by Gasteiger charge is 2.29. The molecule has 0 aromatic carbocycles. The first-order chi connectivity index (χ1) is 4.91. The van der Waals surface area contributed by atoms with Crippen LogP contribution in [0.3, 0.4) is 0 Å². The monoisotopic (exact) mass is 305 g/mol. The first kappa shape index (κ1) is 13.4. The van der Waals surface area contributed by atoms with Crippen molar-refractivity contribution in [2.24, 2.45) is 0 Å². The molecule has 70 valence electrons. The predicted octanol–water partition coefficient (Wildman–Crippen LogP) is 4.70. The van der Waals surface area contributed by atoms with E-state index in [1.807, 2.05) is 0 Å². The fraction of sp³-hybridized carbons (Fsp3) is 0.250. The first-order valence-electron chi connectivity index (χ1n) is 2.30. The summed E-state index contributed by atoms with van der Waals surface area (Å²) < 4.78 is -1.04. The van der Waals surface area contributed by atoms with Crippen molar-refractivity contribution in [3.05, 3.63) is 14.5 Å². The molecule has 1 aromatic heterocycles. The Morgan fingerprint density at radius 3 is 1.83 bits per heavy atom. The molecule has 0 atom stereocenters. The second-order valence-electron chi connectivity index (χ2n) is 1.59. The van der Waals surface area contributed by atoms with Crippen molar-refractivity contribution in [1.29, 1.82) is 0 Å². The minimum absolute atomic E-state index is 0. The SMILES string of the molecule is Cl.Clc1nc(C(Cl)(Cl)Cl)c(Cl)s1. The molecule has 0 fully saturated rings. The maximum absolute atomic E-state index is 5.65. The Morgan fingerprint density at radius 1 is 1.17 bits per heavy atom. The number of hydrogen-bond acceptors (Lipinski definition) is 2. The van der Waals surface area contributed by atoms with Crippen molar-refractivity contribution in [3.63, 3.8) is 0 Å². The molecular weight excluding hydrogens is 307 g/mol. The van der Waals surface area contributed by atoms with Crippen molar-refractivity contribution in [2.75, 3.05) is 0 Å². The molecule has 0 N–H and O–H groups in total. The van der Waals surface area contributed by atoms with E-state index in [9.17, 15) is 0 Å². The number of rotatable bonds is 0. The Bertz CT molecular complexity index is 265. The number of alkyl halides is 3. The van der Waals surface area contributed by atoms with Crippen molar-refractivity contribution >= 4 is 81.7 Å². The van der Waals surface area contributed by atoms with Gasteiger partial charge in [0.2, 0.25) is 3.79 Å². The Labute approximate surface area is 104 Å². The molecule has 8 heteroatoms.